The zero-order valence-electron chi connectivity index (χ0n) is 13.8. The summed E-state index contributed by atoms with van der Waals surface area (Å²) in [6, 6.07) is 0.263. The summed E-state index contributed by atoms with van der Waals surface area (Å²) < 4.78 is 5.15. The fourth-order valence-corrected chi connectivity index (χ4v) is 1.95. The second-order valence-corrected chi connectivity index (χ2v) is 7.08. The van der Waals surface area contributed by atoms with Crippen molar-refractivity contribution in [2.75, 3.05) is 0 Å². The van der Waals surface area contributed by atoms with E-state index in [1.54, 1.807) is 30.2 Å². The number of ether oxygens (including phenoxy) is 1. The molecule has 1 N–H and O–H groups in total. The van der Waals surface area contributed by atoms with Crippen molar-refractivity contribution in [3.63, 3.8) is 0 Å². The Bertz CT molecular complexity index is 459. The molecule has 0 heterocycles. The van der Waals surface area contributed by atoms with Gasteiger partial charge in [-0.2, -0.15) is 0 Å². The van der Waals surface area contributed by atoms with E-state index in [2.05, 4.69) is 19.2 Å². The topological polar surface area (TPSA) is 58.6 Å². The number of rotatable bonds is 5. The third-order valence-electron chi connectivity index (χ3n) is 3.25. The molecule has 1 fully saturated rings. The number of hydrogen-bond acceptors (Lipinski definition) is 3. The van der Waals surface area contributed by atoms with Crippen molar-refractivity contribution in [1.82, 2.24) is 10.2 Å². The Labute approximate surface area is 127 Å². The summed E-state index contributed by atoms with van der Waals surface area (Å²) in [5.41, 5.74) is 0.326. The van der Waals surface area contributed by atoms with Crippen LogP contribution in [-0.4, -0.2) is 29.0 Å². The first-order valence-electron chi connectivity index (χ1n) is 7.13. The summed E-state index contributed by atoms with van der Waals surface area (Å²) >= 11 is 0. The van der Waals surface area contributed by atoms with E-state index in [1.807, 2.05) is 20.8 Å². The molecule has 0 aromatic carbocycles. The highest BCUT2D eigenvalue weighted by Crippen LogP contribution is 2.48. The van der Waals surface area contributed by atoms with E-state index in [4.69, 9.17) is 4.74 Å². The van der Waals surface area contributed by atoms with Gasteiger partial charge in [0.25, 0.3) is 0 Å². The van der Waals surface area contributed by atoms with Crippen molar-refractivity contribution in [1.29, 1.82) is 0 Å². The van der Waals surface area contributed by atoms with Crippen molar-refractivity contribution in [3.8, 4) is 0 Å². The number of allylic oxidation sites excluding steroid dienone is 3. The minimum absolute atomic E-state index is 0.193. The van der Waals surface area contributed by atoms with Gasteiger partial charge in [0.2, 0.25) is 6.41 Å². The van der Waals surface area contributed by atoms with Crippen LogP contribution in [0.5, 0.6) is 0 Å². The van der Waals surface area contributed by atoms with Crippen LogP contribution in [0.4, 0.5) is 4.79 Å². The second kappa shape index (κ2) is 6.33. The van der Waals surface area contributed by atoms with Crippen LogP contribution >= 0.6 is 0 Å². The lowest BCUT2D eigenvalue weighted by atomic mass is 10.2. The lowest BCUT2D eigenvalue weighted by Crippen LogP contribution is -2.31. The Balaban J connectivity index is 2.49. The molecule has 0 aromatic heterocycles. The number of nitrogens with one attached hydrogen (secondary N) is 1. The van der Waals surface area contributed by atoms with Gasteiger partial charge in [-0.25, -0.2) is 4.79 Å². The smallest absolute Gasteiger partial charge is 0.411 e. The molecule has 0 aliphatic heterocycles. The molecule has 1 saturated carbocycles. The zero-order valence-corrected chi connectivity index (χ0v) is 13.8. The normalized spacial score (nSPS) is 21.0. The first kappa shape index (κ1) is 17.3. The quantitative estimate of drug-likeness (QED) is 0.626. The number of carbonyl (C=O) groups excluding carboxylic acids is 2. The van der Waals surface area contributed by atoms with E-state index in [-0.39, 0.29) is 11.5 Å². The van der Waals surface area contributed by atoms with E-state index in [0.29, 0.717) is 5.70 Å². The van der Waals surface area contributed by atoms with E-state index in [0.717, 1.165) is 12.8 Å². The number of amides is 2. The molecule has 0 saturated heterocycles. The van der Waals surface area contributed by atoms with Crippen LogP contribution in [0, 0.1) is 5.41 Å². The van der Waals surface area contributed by atoms with Crippen LogP contribution in [0.1, 0.15) is 48.0 Å². The maximum absolute atomic E-state index is 11.6. The van der Waals surface area contributed by atoms with E-state index in [9.17, 15) is 9.59 Å². The van der Waals surface area contributed by atoms with Crippen LogP contribution in [0.2, 0.25) is 0 Å². The highest BCUT2D eigenvalue weighted by molar-refractivity contribution is 5.69. The third-order valence-corrected chi connectivity index (χ3v) is 3.25. The molecule has 2 amide bonds. The molecular formula is C16H26N2O3. The van der Waals surface area contributed by atoms with Gasteiger partial charge in [0.1, 0.15) is 5.60 Å². The van der Waals surface area contributed by atoms with E-state index >= 15 is 0 Å². The van der Waals surface area contributed by atoms with Crippen LogP contribution in [0.25, 0.3) is 0 Å². The molecule has 5 heteroatoms. The number of alkyl carbamates (subject to hydrolysis) is 1. The van der Waals surface area contributed by atoms with Gasteiger partial charge in [0, 0.05) is 17.9 Å². The van der Waals surface area contributed by atoms with Gasteiger partial charge in [-0.1, -0.05) is 13.8 Å². The third kappa shape index (κ3) is 6.02. The van der Waals surface area contributed by atoms with Gasteiger partial charge >= 0.3 is 6.09 Å². The Kier molecular flexibility index (Phi) is 5.20. The van der Waals surface area contributed by atoms with Gasteiger partial charge < -0.3 is 9.64 Å². The van der Waals surface area contributed by atoms with Crippen molar-refractivity contribution in [2.45, 2.75) is 59.6 Å². The fraction of sp³-hybridized carbons (Fsp3) is 0.625. The summed E-state index contributed by atoms with van der Waals surface area (Å²) in [6.45, 7) is 11.5. The molecule has 1 rings (SSSR count). The second-order valence-electron chi connectivity index (χ2n) is 7.08. The first-order chi connectivity index (χ1) is 9.55. The number of hydrogen-bond donors (Lipinski definition) is 1. The van der Waals surface area contributed by atoms with Crippen LogP contribution in [0.15, 0.2) is 24.0 Å². The van der Waals surface area contributed by atoms with Gasteiger partial charge in [-0.15, -0.1) is 0 Å². The lowest BCUT2D eigenvalue weighted by molar-refractivity contribution is -0.116. The summed E-state index contributed by atoms with van der Waals surface area (Å²) in [5.74, 6) is 0. The van der Waals surface area contributed by atoms with Crippen molar-refractivity contribution >= 4 is 12.5 Å². The molecule has 1 unspecified atom stereocenters. The lowest BCUT2D eigenvalue weighted by Gasteiger charge is -2.19. The standard InChI is InChI=1S/C16H26N2O3/c1-12(17-14(20)21-15(2,3)4)8-7-9-18(11-19)13-10-16(13,5)6/h7-9,11,13H,10H2,1-6H3,(H,17,20)/b9-7-,12-8+. The Morgan fingerprint density at radius 2 is 1.95 bits per heavy atom. The molecule has 0 aromatic rings. The molecule has 0 bridgehead atoms. The van der Waals surface area contributed by atoms with Crippen LogP contribution in [-0.2, 0) is 9.53 Å². The molecule has 21 heavy (non-hydrogen) atoms. The van der Waals surface area contributed by atoms with Crippen LogP contribution < -0.4 is 5.32 Å². The monoisotopic (exact) mass is 294 g/mol. The average molecular weight is 294 g/mol. The molecule has 1 aliphatic carbocycles. The first-order valence-corrected chi connectivity index (χ1v) is 7.13. The molecular weight excluding hydrogens is 268 g/mol. The van der Waals surface area contributed by atoms with Crippen molar-refractivity contribution < 1.29 is 14.3 Å². The zero-order chi connectivity index (χ0) is 16.3. The van der Waals surface area contributed by atoms with E-state index in [1.165, 1.54) is 0 Å². The highest BCUT2D eigenvalue weighted by atomic mass is 16.6. The molecule has 0 spiro atoms. The summed E-state index contributed by atoms with van der Waals surface area (Å²) in [7, 11) is 0. The van der Waals surface area contributed by atoms with Crippen molar-refractivity contribution in [2.24, 2.45) is 5.41 Å². The SMILES string of the molecule is C/C(=C\C=C/N(C=O)C1CC1(C)C)NC(=O)OC(C)(C)C. The van der Waals surface area contributed by atoms with Gasteiger partial charge in [-0.3, -0.25) is 10.1 Å². The molecule has 1 atom stereocenters. The minimum atomic E-state index is -0.522. The minimum Gasteiger partial charge on any atom is -0.444 e. The number of carbonyl (C=O) groups is 2. The van der Waals surface area contributed by atoms with Gasteiger partial charge in [0.15, 0.2) is 0 Å². The maximum Gasteiger partial charge on any atom is 0.411 e. The molecule has 5 nitrogen and oxygen atoms in total. The maximum atomic E-state index is 11.6. The largest absolute Gasteiger partial charge is 0.444 e. The van der Waals surface area contributed by atoms with E-state index < -0.39 is 11.7 Å². The molecule has 118 valence electrons. The fourth-order valence-electron chi connectivity index (χ4n) is 1.95. The van der Waals surface area contributed by atoms with Gasteiger partial charge in [0.05, 0.1) is 0 Å². The predicted molar refractivity (Wildman–Crippen MR) is 82.4 cm³/mol. The summed E-state index contributed by atoms with van der Waals surface area (Å²) in [5, 5.41) is 2.63. The predicted octanol–water partition coefficient (Wildman–Crippen LogP) is 3.19. The van der Waals surface area contributed by atoms with Crippen molar-refractivity contribution in [3.05, 3.63) is 24.0 Å². The van der Waals surface area contributed by atoms with Crippen LogP contribution in [0.3, 0.4) is 0 Å². The summed E-state index contributed by atoms with van der Waals surface area (Å²) in [4.78, 5) is 24.3. The Hall–Kier alpha value is -1.78. The Morgan fingerprint density at radius 1 is 1.38 bits per heavy atom. The average Bonchev–Trinajstić information content (AvgIpc) is 2.90. The highest BCUT2D eigenvalue weighted by Gasteiger charge is 2.48. The van der Waals surface area contributed by atoms with Gasteiger partial charge in [-0.05, 0) is 51.7 Å². The summed E-state index contributed by atoms with van der Waals surface area (Å²) in [6.07, 6.45) is 6.56. The number of nitrogens with zero attached hydrogens (tertiary/aromatic N) is 1. The molecule has 1 aliphatic rings. The Morgan fingerprint density at radius 3 is 2.38 bits per heavy atom. The molecule has 0 radical (unpaired) electrons.